The van der Waals surface area contributed by atoms with E-state index in [-0.39, 0.29) is 30.1 Å². The molecule has 1 aromatic rings. The summed E-state index contributed by atoms with van der Waals surface area (Å²) in [6.07, 6.45) is 6.78. The van der Waals surface area contributed by atoms with Crippen LogP contribution in [0.15, 0.2) is 24.3 Å². The fourth-order valence-electron chi connectivity index (χ4n) is 3.82. The average Bonchev–Trinajstić information content (AvgIpc) is 2.91. The number of nitrogens with one attached hydrogen (secondary N) is 1. The van der Waals surface area contributed by atoms with E-state index >= 15 is 0 Å². The first-order chi connectivity index (χ1) is 12.6. The van der Waals surface area contributed by atoms with Crippen LogP contribution < -0.4 is 10.2 Å². The fraction of sp³-hybridized carbons (Fsp3) is 0.600. The van der Waals surface area contributed by atoms with Gasteiger partial charge in [-0.25, -0.2) is 4.39 Å². The molecular formula is C20H28FN3O2. The number of benzene rings is 1. The molecule has 1 aliphatic heterocycles. The minimum absolute atomic E-state index is 0.0625. The zero-order chi connectivity index (χ0) is 18.4. The highest BCUT2D eigenvalue weighted by atomic mass is 19.1. The van der Waals surface area contributed by atoms with Crippen LogP contribution in [0.4, 0.5) is 10.1 Å². The summed E-state index contributed by atoms with van der Waals surface area (Å²) in [6, 6.07) is 6.64. The first kappa shape index (κ1) is 18.7. The molecule has 0 bridgehead atoms. The van der Waals surface area contributed by atoms with Crippen molar-refractivity contribution in [3.63, 3.8) is 0 Å². The SMILES string of the molecule is O=C(CC(=O)N1CCN(c2ccc(F)cc2)CC1)NC1CCCCCC1. The van der Waals surface area contributed by atoms with Gasteiger partial charge in [0.25, 0.3) is 0 Å². The molecule has 1 saturated heterocycles. The fourth-order valence-corrected chi connectivity index (χ4v) is 3.82. The van der Waals surface area contributed by atoms with Crippen LogP contribution in [0.25, 0.3) is 0 Å². The van der Waals surface area contributed by atoms with Gasteiger partial charge in [0, 0.05) is 37.9 Å². The molecular weight excluding hydrogens is 333 g/mol. The maximum absolute atomic E-state index is 13.0. The zero-order valence-corrected chi connectivity index (χ0v) is 15.3. The van der Waals surface area contributed by atoms with Gasteiger partial charge in [0.05, 0.1) is 0 Å². The molecule has 0 spiro atoms. The number of carbonyl (C=O) groups excluding carboxylic acids is 2. The topological polar surface area (TPSA) is 52.7 Å². The van der Waals surface area contributed by atoms with Crippen LogP contribution in [0.2, 0.25) is 0 Å². The second-order valence-corrected chi connectivity index (χ2v) is 7.28. The number of halogens is 1. The molecule has 0 radical (unpaired) electrons. The Morgan fingerprint density at radius 2 is 1.58 bits per heavy atom. The number of hydrogen-bond acceptors (Lipinski definition) is 3. The van der Waals surface area contributed by atoms with Crippen molar-refractivity contribution in [2.75, 3.05) is 31.1 Å². The van der Waals surface area contributed by atoms with Gasteiger partial charge in [0.1, 0.15) is 12.2 Å². The minimum atomic E-state index is -0.248. The molecule has 5 nitrogen and oxygen atoms in total. The second-order valence-electron chi connectivity index (χ2n) is 7.28. The van der Waals surface area contributed by atoms with Crippen molar-refractivity contribution in [3.05, 3.63) is 30.1 Å². The average molecular weight is 361 g/mol. The lowest BCUT2D eigenvalue weighted by molar-refractivity contribution is -0.136. The summed E-state index contributed by atoms with van der Waals surface area (Å²) >= 11 is 0. The van der Waals surface area contributed by atoms with E-state index in [4.69, 9.17) is 0 Å². The van der Waals surface area contributed by atoms with Gasteiger partial charge in [-0.15, -0.1) is 0 Å². The first-order valence-electron chi connectivity index (χ1n) is 9.69. The Balaban J connectivity index is 1.42. The van der Waals surface area contributed by atoms with E-state index in [0.29, 0.717) is 26.2 Å². The van der Waals surface area contributed by atoms with Crippen LogP contribution in [-0.2, 0) is 9.59 Å². The third-order valence-corrected chi connectivity index (χ3v) is 5.36. The summed E-state index contributed by atoms with van der Waals surface area (Å²) in [7, 11) is 0. The van der Waals surface area contributed by atoms with Crippen LogP contribution in [0.5, 0.6) is 0 Å². The van der Waals surface area contributed by atoms with E-state index in [1.165, 1.54) is 25.0 Å². The molecule has 26 heavy (non-hydrogen) atoms. The molecule has 3 rings (SSSR count). The number of nitrogens with zero attached hydrogens (tertiary/aromatic N) is 2. The molecule has 1 heterocycles. The third-order valence-electron chi connectivity index (χ3n) is 5.36. The number of hydrogen-bond donors (Lipinski definition) is 1. The lowest BCUT2D eigenvalue weighted by Crippen LogP contribution is -2.50. The van der Waals surface area contributed by atoms with Crippen LogP contribution in [-0.4, -0.2) is 48.9 Å². The van der Waals surface area contributed by atoms with Gasteiger partial charge in [-0.05, 0) is 37.1 Å². The van der Waals surface area contributed by atoms with E-state index in [2.05, 4.69) is 10.2 Å². The van der Waals surface area contributed by atoms with Gasteiger partial charge >= 0.3 is 0 Å². The first-order valence-corrected chi connectivity index (χ1v) is 9.69. The normalized spacial score (nSPS) is 19.1. The van der Waals surface area contributed by atoms with Crippen molar-refractivity contribution in [1.29, 1.82) is 0 Å². The van der Waals surface area contributed by atoms with E-state index in [1.807, 2.05) is 0 Å². The third kappa shape index (κ3) is 5.19. The van der Waals surface area contributed by atoms with Crippen molar-refractivity contribution in [2.45, 2.75) is 51.0 Å². The summed E-state index contributed by atoms with van der Waals surface area (Å²) in [5, 5.41) is 3.04. The molecule has 1 aliphatic carbocycles. The summed E-state index contributed by atoms with van der Waals surface area (Å²) in [5.74, 6) is -0.500. The Labute approximate surface area is 154 Å². The highest BCUT2D eigenvalue weighted by Gasteiger charge is 2.24. The standard InChI is InChI=1S/C20H28FN3O2/c21-16-7-9-18(10-8-16)23-11-13-24(14-12-23)20(26)15-19(25)22-17-5-3-1-2-4-6-17/h7-10,17H,1-6,11-15H2,(H,22,25). The summed E-state index contributed by atoms with van der Waals surface area (Å²) in [6.45, 7) is 2.57. The largest absolute Gasteiger partial charge is 0.368 e. The minimum Gasteiger partial charge on any atom is -0.368 e. The molecule has 0 aromatic heterocycles. The van der Waals surface area contributed by atoms with E-state index in [1.54, 1.807) is 17.0 Å². The molecule has 0 unspecified atom stereocenters. The van der Waals surface area contributed by atoms with Crippen LogP contribution in [0.3, 0.4) is 0 Å². The molecule has 142 valence electrons. The van der Waals surface area contributed by atoms with Gasteiger partial charge in [-0.2, -0.15) is 0 Å². The van der Waals surface area contributed by atoms with Gasteiger partial charge in [-0.1, -0.05) is 25.7 Å². The zero-order valence-electron chi connectivity index (χ0n) is 15.3. The molecule has 1 N–H and O–H groups in total. The van der Waals surface area contributed by atoms with Gasteiger partial charge in [0.15, 0.2) is 0 Å². The number of rotatable bonds is 4. The number of amides is 2. The Kier molecular flexibility index (Phi) is 6.47. The van der Waals surface area contributed by atoms with Crippen LogP contribution >= 0.6 is 0 Å². The molecule has 2 aliphatic rings. The smallest absolute Gasteiger partial charge is 0.232 e. The van der Waals surface area contributed by atoms with Crippen LogP contribution in [0, 0.1) is 5.82 Å². The summed E-state index contributed by atoms with van der Waals surface area (Å²) < 4.78 is 13.0. The highest BCUT2D eigenvalue weighted by Crippen LogP contribution is 2.18. The number of carbonyl (C=O) groups is 2. The van der Waals surface area contributed by atoms with Crippen molar-refractivity contribution >= 4 is 17.5 Å². The Morgan fingerprint density at radius 3 is 2.19 bits per heavy atom. The predicted octanol–water partition coefficient (Wildman–Crippen LogP) is 2.70. The summed E-state index contributed by atoms with van der Waals surface area (Å²) in [4.78, 5) is 28.5. The van der Waals surface area contributed by atoms with Crippen LogP contribution in [0.1, 0.15) is 44.9 Å². The molecule has 0 atom stereocenters. The van der Waals surface area contributed by atoms with Crippen molar-refractivity contribution in [2.24, 2.45) is 0 Å². The lowest BCUT2D eigenvalue weighted by Gasteiger charge is -2.36. The Hall–Kier alpha value is -2.11. The van der Waals surface area contributed by atoms with Crippen molar-refractivity contribution in [3.8, 4) is 0 Å². The number of anilines is 1. The van der Waals surface area contributed by atoms with E-state index in [9.17, 15) is 14.0 Å². The summed E-state index contributed by atoms with van der Waals surface area (Å²) in [5.41, 5.74) is 0.963. The molecule has 1 aromatic carbocycles. The molecule has 6 heteroatoms. The van der Waals surface area contributed by atoms with Crippen molar-refractivity contribution in [1.82, 2.24) is 10.2 Å². The van der Waals surface area contributed by atoms with E-state index in [0.717, 1.165) is 31.4 Å². The second kappa shape index (κ2) is 9.01. The van der Waals surface area contributed by atoms with Gasteiger partial charge in [0.2, 0.25) is 11.8 Å². The maximum Gasteiger partial charge on any atom is 0.232 e. The lowest BCUT2D eigenvalue weighted by atomic mass is 10.1. The van der Waals surface area contributed by atoms with E-state index < -0.39 is 0 Å². The quantitative estimate of drug-likeness (QED) is 0.663. The monoisotopic (exact) mass is 361 g/mol. The van der Waals surface area contributed by atoms with Crippen molar-refractivity contribution < 1.29 is 14.0 Å². The maximum atomic E-state index is 13.0. The van der Waals surface area contributed by atoms with Gasteiger partial charge < -0.3 is 15.1 Å². The molecule has 2 fully saturated rings. The number of piperazine rings is 1. The van der Waals surface area contributed by atoms with Gasteiger partial charge in [-0.3, -0.25) is 9.59 Å². The Morgan fingerprint density at radius 1 is 0.962 bits per heavy atom. The highest BCUT2D eigenvalue weighted by molar-refractivity contribution is 5.97. The predicted molar refractivity (Wildman–Crippen MR) is 99.4 cm³/mol. The molecule has 1 saturated carbocycles. The Bertz CT molecular complexity index is 604. The molecule has 2 amide bonds.